The van der Waals surface area contributed by atoms with Crippen LogP contribution in [0, 0.1) is 0 Å². The minimum Gasteiger partial charge on any atom is -0.497 e. The first-order valence-electron chi connectivity index (χ1n) is 11.1. The molecule has 3 N–H and O–H groups in total. The number of rotatable bonds is 5. The first-order chi connectivity index (χ1) is 16.5. The maximum atomic E-state index is 13.2. The molecule has 5 amide bonds. The molecule has 2 saturated heterocycles. The van der Waals surface area contributed by atoms with Gasteiger partial charge in [-0.25, -0.2) is 4.79 Å². The molecular weight excluding hydrogens is 458 g/mol. The molecule has 1 aromatic heterocycles. The van der Waals surface area contributed by atoms with E-state index in [2.05, 4.69) is 16.0 Å². The SMILES string of the molecule is COc1cccc(NC(=O)N2CCN(C(=O)c3cccs3)[C@@H](C(=O)N[C@H]3CCCNC3=O)C2)c1. The van der Waals surface area contributed by atoms with Crippen LogP contribution in [0.15, 0.2) is 41.8 Å². The third kappa shape index (κ3) is 5.30. The molecule has 34 heavy (non-hydrogen) atoms. The highest BCUT2D eigenvalue weighted by molar-refractivity contribution is 7.12. The lowest BCUT2D eigenvalue weighted by molar-refractivity contribution is -0.133. The van der Waals surface area contributed by atoms with Crippen molar-refractivity contribution in [2.45, 2.75) is 24.9 Å². The maximum Gasteiger partial charge on any atom is 0.321 e. The van der Waals surface area contributed by atoms with Crippen molar-refractivity contribution in [1.29, 1.82) is 0 Å². The van der Waals surface area contributed by atoms with Gasteiger partial charge in [-0.3, -0.25) is 14.4 Å². The number of nitrogens with one attached hydrogen (secondary N) is 3. The largest absolute Gasteiger partial charge is 0.497 e. The molecule has 2 aliphatic heterocycles. The number of hydrogen-bond donors (Lipinski definition) is 3. The number of carbonyl (C=O) groups is 4. The second kappa shape index (κ2) is 10.6. The first-order valence-corrected chi connectivity index (χ1v) is 12.0. The Morgan fingerprint density at radius 3 is 2.76 bits per heavy atom. The zero-order valence-corrected chi connectivity index (χ0v) is 19.6. The minimum atomic E-state index is -0.922. The summed E-state index contributed by atoms with van der Waals surface area (Å²) >= 11 is 1.30. The van der Waals surface area contributed by atoms with Crippen molar-refractivity contribution >= 4 is 40.8 Å². The summed E-state index contributed by atoms with van der Waals surface area (Å²) in [6.45, 7) is 1.04. The monoisotopic (exact) mass is 485 g/mol. The minimum absolute atomic E-state index is 0.00703. The molecular formula is C23H27N5O5S. The number of benzene rings is 1. The van der Waals surface area contributed by atoms with Crippen LogP contribution in [0.2, 0.25) is 0 Å². The molecule has 2 atom stereocenters. The number of carbonyl (C=O) groups excluding carboxylic acids is 4. The van der Waals surface area contributed by atoms with Crippen LogP contribution < -0.4 is 20.7 Å². The molecule has 3 heterocycles. The van der Waals surface area contributed by atoms with Gasteiger partial charge in [-0.2, -0.15) is 0 Å². The summed E-state index contributed by atoms with van der Waals surface area (Å²) < 4.78 is 5.19. The van der Waals surface area contributed by atoms with Gasteiger partial charge < -0.3 is 30.5 Å². The zero-order valence-electron chi connectivity index (χ0n) is 18.8. The third-order valence-corrected chi connectivity index (χ3v) is 6.74. The lowest BCUT2D eigenvalue weighted by Gasteiger charge is -2.40. The van der Waals surface area contributed by atoms with E-state index in [9.17, 15) is 19.2 Å². The van der Waals surface area contributed by atoms with Gasteiger partial charge in [0, 0.05) is 31.4 Å². The molecule has 0 saturated carbocycles. The van der Waals surface area contributed by atoms with E-state index >= 15 is 0 Å². The molecule has 2 aromatic rings. The summed E-state index contributed by atoms with van der Waals surface area (Å²) in [5.74, 6) is -0.353. The zero-order chi connectivity index (χ0) is 24.1. The number of piperazine rings is 1. The molecule has 2 fully saturated rings. The van der Waals surface area contributed by atoms with Crippen molar-refractivity contribution in [2.75, 3.05) is 38.6 Å². The average Bonchev–Trinajstić information content (AvgIpc) is 3.40. The van der Waals surface area contributed by atoms with Crippen LogP contribution in [0.5, 0.6) is 5.75 Å². The van der Waals surface area contributed by atoms with Crippen LogP contribution in [-0.2, 0) is 9.59 Å². The lowest BCUT2D eigenvalue weighted by Crippen LogP contribution is -2.64. The number of methoxy groups -OCH3 is 1. The Hall–Kier alpha value is -3.60. The number of anilines is 1. The highest BCUT2D eigenvalue weighted by Crippen LogP contribution is 2.21. The topological polar surface area (TPSA) is 120 Å². The summed E-state index contributed by atoms with van der Waals surface area (Å²) in [5.41, 5.74) is 0.557. The number of thiophene rings is 1. The molecule has 0 bridgehead atoms. The Morgan fingerprint density at radius 1 is 1.18 bits per heavy atom. The molecule has 180 valence electrons. The van der Waals surface area contributed by atoms with E-state index in [-0.39, 0.29) is 37.5 Å². The van der Waals surface area contributed by atoms with E-state index in [0.717, 1.165) is 6.42 Å². The number of piperidine rings is 1. The summed E-state index contributed by atoms with van der Waals surface area (Å²) in [7, 11) is 1.54. The van der Waals surface area contributed by atoms with Crippen molar-refractivity contribution in [1.82, 2.24) is 20.4 Å². The molecule has 0 spiro atoms. The smallest absolute Gasteiger partial charge is 0.321 e. The second-order valence-corrected chi connectivity index (χ2v) is 9.04. The van der Waals surface area contributed by atoms with E-state index in [1.807, 2.05) is 0 Å². The van der Waals surface area contributed by atoms with E-state index < -0.39 is 18.0 Å². The first kappa shape index (κ1) is 23.6. The summed E-state index contributed by atoms with van der Waals surface area (Å²) in [6.07, 6.45) is 1.29. The van der Waals surface area contributed by atoms with Crippen molar-refractivity contribution in [3.8, 4) is 5.75 Å². The second-order valence-electron chi connectivity index (χ2n) is 8.09. The van der Waals surface area contributed by atoms with Crippen LogP contribution in [0.1, 0.15) is 22.5 Å². The van der Waals surface area contributed by atoms with Crippen molar-refractivity contribution in [2.24, 2.45) is 0 Å². The van der Waals surface area contributed by atoms with Crippen molar-refractivity contribution in [3.05, 3.63) is 46.7 Å². The Labute approximate surface area is 201 Å². The van der Waals surface area contributed by atoms with Gasteiger partial charge >= 0.3 is 6.03 Å². The number of ether oxygens (including phenoxy) is 1. The van der Waals surface area contributed by atoms with Crippen LogP contribution in [0.3, 0.4) is 0 Å². The van der Waals surface area contributed by atoms with Gasteiger partial charge in [0.05, 0.1) is 18.5 Å². The van der Waals surface area contributed by atoms with Crippen molar-refractivity contribution < 1.29 is 23.9 Å². The summed E-state index contributed by atoms with van der Waals surface area (Å²) in [6, 6.07) is 8.49. The fourth-order valence-electron chi connectivity index (χ4n) is 4.06. The fourth-order valence-corrected chi connectivity index (χ4v) is 4.74. The van der Waals surface area contributed by atoms with Gasteiger partial charge in [0.1, 0.15) is 17.8 Å². The van der Waals surface area contributed by atoms with E-state index in [0.29, 0.717) is 29.3 Å². The van der Waals surface area contributed by atoms with Crippen LogP contribution in [0.25, 0.3) is 0 Å². The predicted molar refractivity (Wildman–Crippen MR) is 127 cm³/mol. The number of amides is 5. The molecule has 2 aliphatic rings. The molecule has 0 unspecified atom stereocenters. The maximum absolute atomic E-state index is 13.2. The molecule has 11 heteroatoms. The Bertz CT molecular complexity index is 1060. The lowest BCUT2D eigenvalue weighted by atomic mass is 10.0. The highest BCUT2D eigenvalue weighted by atomic mass is 32.1. The summed E-state index contributed by atoms with van der Waals surface area (Å²) in [5, 5.41) is 10.1. The van der Waals surface area contributed by atoms with Gasteiger partial charge in [0.15, 0.2) is 0 Å². The molecule has 10 nitrogen and oxygen atoms in total. The Balaban J connectivity index is 1.50. The van der Waals surface area contributed by atoms with Crippen LogP contribution in [-0.4, -0.2) is 78.9 Å². The Kier molecular flexibility index (Phi) is 7.31. The molecule has 0 radical (unpaired) electrons. The number of urea groups is 1. The van der Waals surface area contributed by atoms with Crippen LogP contribution in [0.4, 0.5) is 10.5 Å². The van der Waals surface area contributed by atoms with E-state index in [1.165, 1.54) is 21.1 Å². The highest BCUT2D eigenvalue weighted by Gasteiger charge is 2.39. The van der Waals surface area contributed by atoms with E-state index in [1.54, 1.807) is 48.9 Å². The standard InChI is InChI=1S/C23H27N5O5S/c1-33-16-6-2-5-15(13-16)25-23(32)27-10-11-28(22(31)19-8-4-12-34-19)18(14-27)21(30)26-17-7-3-9-24-20(17)29/h2,4-6,8,12-13,17-18H,3,7,9-11,14H2,1H3,(H,24,29)(H,25,32)(H,26,30)/t17-,18+/m0/s1. The average molecular weight is 486 g/mol. The van der Waals surface area contributed by atoms with Crippen molar-refractivity contribution in [3.63, 3.8) is 0 Å². The Morgan fingerprint density at radius 2 is 2.03 bits per heavy atom. The van der Waals surface area contributed by atoms with Gasteiger partial charge in [-0.15, -0.1) is 11.3 Å². The number of nitrogens with zero attached hydrogens (tertiary/aromatic N) is 2. The fraction of sp³-hybridized carbons (Fsp3) is 0.391. The summed E-state index contributed by atoms with van der Waals surface area (Å²) in [4.78, 5) is 55.0. The number of hydrogen-bond acceptors (Lipinski definition) is 6. The quantitative estimate of drug-likeness (QED) is 0.593. The predicted octanol–water partition coefficient (Wildman–Crippen LogP) is 1.51. The van der Waals surface area contributed by atoms with Gasteiger partial charge in [0.2, 0.25) is 11.8 Å². The van der Waals surface area contributed by atoms with Crippen LogP contribution >= 0.6 is 11.3 Å². The normalized spacial score (nSPS) is 20.3. The van der Waals surface area contributed by atoms with Gasteiger partial charge in [0.25, 0.3) is 5.91 Å². The van der Waals surface area contributed by atoms with Gasteiger partial charge in [-0.05, 0) is 36.4 Å². The molecule has 1 aromatic carbocycles. The van der Waals surface area contributed by atoms with E-state index in [4.69, 9.17) is 4.74 Å². The molecule has 4 rings (SSSR count). The molecule has 0 aliphatic carbocycles. The third-order valence-electron chi connectivity index (χ3n) is 5.89. The van der Waals surface area contributed by atoms with Gasteiger partial charge in [-0.1, -0.05) is 12.1 Å².